The Hall–Kier alpha value is -0.120. The van der Waals surface area contributed by atoms with Crippen molar-refractivity contribution >= 4 is 29.9 Å². The van der Waals surface area contributed by atoms with E-state index in [-0.39, 0.29) is 36.2 Å². The Kier molecular flexibility index (Phi) is 11.4. The van der Waals surface area contributed by atoms with E-state index in [2.05, 4.69) is 29.0 Å². The first-order chi connectivity index (χ1) is 13.3. The lowest BCUT2D eigenvalue weighted by atomic mass is 10.0. The van der Waals surface area contributed by atoms with Gasteiger partial charge in [-0.3, -0.25) is 4.99 Å². The molecule has 0 radical (unpaired) electrons. The molecule has 3 heterocycles. The van der Waals surface area contributed by atoms with Crippen LogP contribution in [0.4, 0.5) is 0 Å². The summed E-state index contributed by atoms with van der Waals surface area (Å²) in [5.74, 6) is 1.05. The number of hydrogen-bond donors (Lipinski definition) is 1. The highest BCUT2D eigenvalue weighted by molar-refractivity contribution is 14.0. The minimum atomic E-state index is 0. The number of unbranched alkanes of at least 4 members (excludes halogenated alkanes) is 1. The summed E-state index contributed by atoms with van der Waals surface area (Å²) in [5.41, 5.74) is 0. The maximum absolute atomic E-state index is 5.99. The van der Waals surface area contributed by atoms with Crippen molar-refractivity contribution in [2.24, 2.45) is 4.99 Å². The Morgan fingerprint density at radius 3 is 2.64 bits per heavy atom. The molecule has 0 bridgehead atoms. The van der Waals surface area contributed by atoms with Crippen LogP contribution < -0.4 is 5.32 Å². The van der Waals surface area contributed by atoms with Crippen molar-refractivity contribution in [3.63, 3.8) is 0 Å². The Labute approximate surface area is 188 Å². The largest absolute Gasteiger partial charge is 0.375 e. The summed E-state index contributed by atoms with van der Waals surface area (Å²) in [6.45, 7) is 12.3. The average molecular weight is 508 g/mol. The van der Waals surface area contributed by atoms with Gasteiger partial charge in [0.25, 0.3) is 0 Å². The van der Waals surface area contributed by atoms with Crippen LogP contribution in [0.5, 0.6) is 0 Å². The third kappa shape index (κ3) is 7.29. The van der Waals surface area contributed by atoms with Gasteiger partial charge in [-0.15, -0.1) is 24.0 Å². The lowest BCUT2D eigenvalue weighted by Gasteiger charge is -2.37. The van der Waals surface area contributed by atoms with Gasteiger partial charge in [-0.25, -0.2) is 0 Å². The van der Waals surface area contributed by atoms with E-state index in [1.165, 1.54) is 38.8 Å². The van der Waals surface area contributed by atoms with Gasteiger partial charge in [-0.05, 0) is 65.5 Å². The number of likely N-dealkylation sites (tertiary alicyclic amines) is 1. The Balaban J connectivity index is 0.00000280. The fourth-order valence-corrected chi connectivity index (χ4v) is 4.52. The maximum Gasteiger partial charge on any atom is 0.194 e. The van der Waals surface area contributed by atoms with Gasteiger partial charge in [-0.2, -0.15) is 0 Å². The molecule has 3 fully saturated rings. The highest BCUT2D eigenvalue weighted by atomic mass is 127. The topological polar surface area (TPSA) is 49.3 Å². The number of nitrogens with zero attached hydrogens (tertiary/aromatic N) is 3. The third-order valence-electron chi connectivity index (χ3n) is 6.16. The first-order valence-corrected chi connectivity index (χ1v) is 11.3. The van der Waals surface area contributed by atoms with E-state index in [1.807, 2.05) is 0 Å². The lowest BCUT2D eigenvalue weighted by Crippen LogP contribution is -2.53. The molecule has 1 N–H and O–H groups in total. The lowest BCUT2D eigenvalue weighted by molar-refractivity contribution is -0.0817. The maximum atomic E-state index is 5.99. The highest BCUT2D eigenvalue weighted by Gasteiger charge is 2.32. The van der Waals surface area contributed by atoms with Crippen LogP contribution in [0.15, 0.2) is 4.99 Å². The van der Waals surface area contributed by atoms with E-state index in [0.717, 1.165) is 70.7 Å². The minimum Gasteiger partial charge on any atom is -0.375 e. The number of piperidine rings is 1. The van der Waals surface area contributed by atoms with Gasteiger partial charge in [0.1, 0.15) is 6.10 Å². The average Bonchev–Trinajstić information content (AvgIpc) is 3.23. The van der Waals surface area contributed by atoms with Crippen LogP contribution in [-0.4, -0.2) is 86.5 Å². The molecule has 28 heavy (non-hydrogen) atoms. The number of morpholine rings is 1. The van der Waals surface area contributed by atoms with Gasteiger partial charge in [0.2, 0.25) is 0 Å². The summed E-state index contributed by atoms with van der Waals surface area (Å²) in [6.07, 6.45) is 9.29. The molecule has 3 rings (SSSR count). The number of aliphatic imine (C=N–C) groups is 1. The van der Waals surface area contributed by atoms with Crippen LogP contribution in [0.1, 0.15) is 58.8 Å². The summed E-state index contributed by atoms with van der Waals surface area (Å²) in [7, 11) is 0. The van der Waals surface area contributed by atoms with Crippen LogP contribution in [0.3, 0.4) is 0 Å². The molecule has 6 nitrogen and oxygen atoms in total. The molecule has 0 aromatic rings. The number of hydrogen-bond acceptors (Lipinski definition) is 4. The van der Waals surface area contributed by atoms with Crippen LogP contribution >= 0.6 is 24.0 Å². The van der Waals surface area contributed by atoms with Crippen molar-refractivity contribution in [1.82, 2.24) is 15.1 Å². The Morgan fingerprint density at radius 1 is 1.04 bits per heavy atom. The molecule has 164 valence electrons. The zero-order valence-corrected chi connectivity index (χ0v) is 20.2. The second-order valence-electron chi connectivity index (χ2n) is 8.23. The highest BCUT2D eigenvalue weighted by Crippen LogP contribution is 2.21. The van der Waals surface area contributed by atoms with Crippen molar-refractivity contribution in [2.45, 2.75) is 77.0 Å². The molecule has 3 unspecified atom stereocenters. The van der Waals surface area contributed by atoms with Gasteiger partial charge in [0, 0.05) is 38.8 Å². The summed E-state index contributed by atoms with van der Waals surface area (Å²) in [4.78, 5) is 9.94. The Morgan fingerprint density at radius 2 is 1.89 bits per heavy atom. The van der Waals surface area contributed by atoms with E-state index in [4.69, 9.17) is 14.5 Å². The van der Waals surface area contributed by atoms with Crippen LogP contribution in [-0.2, 0) is 9.47 Å². The van der Waals surface area contributed by atoms with Gasteiger partial charge in [0.05, 0.1) is 12.7 Å². The molecule has 7 heteroatoms. The fraction of sp³-hybridized carbons (Fsp3) is 0.952. The number of rotatable bonds is 7. The molecule has 0 aromatic heterocycles. The molecular formula is C21H41IN4O2. The molecule has 0 spiro atoms. The van der Waals surface area contributed by atoms with Crippen LogP contribution in [0, 0.1) is 0 Å². The predicted octanol–water partition coefficient (Wildman–Crippen LogP) is 3.10. The molecule has 3 aliphatic heterocycles. The van der Waals surface area contributed by atoms with E-state index in [0.29, 0.717) is 0 Å². The zero-order chi connectivity index (χ0) is 18.9. The smallest absolute Gasteiger partial charge is 0.194 e. The second kappa shape index (κ2) is 13.2. The number of guanidine groups is 1. The van der Waals surface area contributed by atoms with Crippen LogP contribution in [0.25, 0.3) is 0 Å². The molecule has 3 atom stereocenters. The molecular weight excluding hydrogens is 467 g/mol. The van der Waals surface area contributed by atoms with E-state index >= 15 is 0 Å². The van der Waals surface area contributed by atoms with Gasteiger partial charge in [0.15, 0.2) is 5.96 Å². The van der Waals surface area contributed by atoms with Gasteiger partial charge < -0.3 is 24.6 Å². The van der Waals surface area contributed by atoms with Gasteiger partial charge in [-0.1, -0.05) is 6.42 Å². The summed E-state index contributed by atoms with van der Waals surface area (Å²) in [6, 6.07) is 0.766. The molecule has 0 aliphatic carbocycles. The van der Waals surface area contributed by atoms with Crippen molar-refractivity contribution in [2.75, 3.05) is 52.5 Å². The molecule has 0 aromatic carbocycles. The second-order valence-corrected chi connectivity index (χ2v) is 8.23. The van der Waals surface area contributed by atoms with Crippen molar-refractivity contribution in [1.29, 1.82) is 0 Å². The minimum absolute atomic E-state index is 0. The molecule has 0 amide bonds. The summed E-state index contributed by atoms with van der Waals surface area (Å²) >= 11 is 0. The fourth-order valence-electron chi connectivity index (χ4n) is 4.52. The first-order valence-electron chi connectivity index (χ1n) is 11.3. The Bertz CT molecular complexity index is 460. The quantitative estimate of drug-likeness (QED) is 0.248. The zero-order valence-electron chi connectivity index (χ0n) is 17.9. The molecule has 3 aliphatic rings. The van der Waals surface area contributed by atoms with Crippen molar-refractivity contribution in [3.8, 4) is 0 Å². The monoisotopic (exact) mass is 508 g/mol. The van der Waals surface area contributed by atoms with Gasteiger partial charge >= 0.3 is 0 Å². The molecule has 3 saturated heterocycles. The van der Waals surface area contributed by atoms with Crippen molar-refractivity contribution < 1.29 is 9.47 Å². The van der Waals surface area contributed by atoms with E-state index in [1.54, 1.807) is 0 Å². The first kappa shape index (κ1) is 24.2. The number of nitrogens with one attached hydrogen (secondary N) is 1. The van der Waals surface area contributed by atoms with Crippen molar-refractivity contribution in [3.05, 3.63) is 0 Å². The summed E-state index contributed by atoms with van der Waals surface area (Å²) < 4.78 is 11.8. The number of ether oxygens (including phenoxy) is 2. The SMILES string of the molecule is CCNC(=NCCCCN1CCCCC1C)N1CCOC(C2CCCO2)C1.I. The summed E-state index contributed by atoms with van der Waals surface area (Å²) in [5, 5.41) is 3.48. The predicted molar refractivity (Wildman–Crippen MR) is 126 cm³/mol. The standard InChI is InChI=1S/C21H40N4O2.HI/c1-3-22-21(23-11-5-7-13-24-12-6-4-9-18(24)2)25-14-16-27-20(17-25)19-10-8-15-26-19;/h18-20H,3-17H2,1-2H3,(H,22,23);1H. The number of halogens is 1. The van der Waals surface area contributed by atoms with E-state index < -0.39 is 0 Å². The van der Waals surface area contributed by atoms with E-state index in [9.17, 15) is 0 Å². The third-order valence-corrected chi connectivity index (χ3v) is 6.16. The van der Waals surface area contributed by atoms with Crippen LogP contribution in [0.2, 0.25) is 0 Å². The normalized spacial score (nSPS) is 29.6. The molecule has 0 saturated carbocycles.